The minimum Gasteiger partial charge on any atom is -0.497 e. The van der Waals surface area contributed by atoms with Crippen LogP contribution in [-0.2, 0) is 0 Å². The Balaban J connectivity index is 2.28. The first-order chi connectivity index (χ1) is 9.13. The van der Waals surface area contributed by atoms with Crippen LogP contribution in [0.25, 0.3) is 0 Å². The average molecular weight is 263 g/mol. The van der Waals surface area contributed by atoms with Gasteiger partial charge >= 0.3 is 0 Å². The molecule has 1 saturated carbocycles. The summed E-state index contributed by atoms with van der Waals surface area (Å²) >= 11 is 0. The van der Waals surface area contributed by atoms with E-state index in [0.29, 0.717) is 5.92 Å². The summed E-state index contributed by atoms with van der Waals surface area (Å²) in [5, 5.41) is 10.3. The summed E-state index contributed by atoms with van der Waals surface area (Å²) < 4.78 is 5.32. The molecule has 0 aromatic heterocycles. The van der Waals surface area contributed by atoms with Crippen LogP contribution in [0.5, 0.6) is 5.75 Å². The van der Waals surface area contributed by atoms with Crippen molar-refractivity contribution in [3.8, 4) is 5.75 Å². The van der Waals surface area contributed by atoms with Crippen molar-refractivity contribution in [3.05, 3.63) is 29.8 Å². The molecule has 0 bridgehead atoms. The van der Waals surface area contributed by atoms with E-state index in [4.69, 9.17) is 4.74 Å². The maximum atomic E-state index is 10.3. The van der Waals surface area contributed by atoms with E-state index in [9.17, 15) is 5.11 Å². The van der Waals surface area contributed by atoms with Crippen molar-refractivity contribution in [1.29, 1.82) is 0 Å². The molecule has 1 aromatic carbocycles. The van der Waals surface area contributed by atoms with Crippen LogP contribution in [-0.4, -0.2) is 37.3 Å². The number of methoxy groups -OCH3 is 1. The van der Waals surface area contributed by atoms with E-state index in [0.717, 1.165) is 25.0 Å². The minimum atomic E-state index is -0.188. The highest BCUT2D eigenvalue weighted by molar-refractivity contribution is 5.31. The number of ether oxygens (including phenoxy) is 1. The summed E-state index contributed by atoms with van der Waals surface area (Å²) in [7, 11) is 5.87. The van der Waals surface area contributed by atoms with E-state index >= 15 is 0 Å². The van der Waals surface area contributed by atoms with E-state index in [1.54, 1.807) is 7.11 Å². The molecule has 1 aromatic rings. The summed E-state index contributed by atoms with van der Waals surface area (Å²) in [5.74, 6) is 1.20. The molecule has 1 aliphatic rings. The predicted octanol–water partition coefficient (Wildman–Crippen LogP) is 2.85. The molecular formula is C16H25NO2. The zero-order chi connectivity index (χ0) is 13.8. The second-order valence-electron chi connectivity index (χ2n) is 5.70. The lowest BCUT2D eigenvalue weighted by Gasteiger charge is -2.38. The molecule has 0 saturated heterocycles. The monoisotopic (exact) mass is 263 g/mol. The van der Waals surface area contributed by atoms with Crippen LogP contribution >= 0.6 is 0 Å². The number of benzene rings is 1. The second-order valence-corrected chi connectivity index (χ2v) is 5.70. The third-order valence-corrected chi connectivity index (χ3v) is 4.18. The fourth-order valence-electron chi connectivity index (χ4n) is 3.26. The van der Waals surface area contributed by atoms with E-state index in [1.165, 1.54) is 12.0 Å². The third kappa shape index (κ3) is 3.28. The van der Waals surface area contributed by atoms with Gasteiger partial charge in [-0.25, -0.2) is 0 Å². The van der Waals surface area contributed by atoms with Gasteiger partial charge in [-0.2, -0.15) is 0 Å². The molecule has 0 radical (unpaired) electrons. The largest absolute Gasteiger partial charge is 0.497 e. The highest BCUT2D eigenvalue weighted by Crippen LogP contribution is 2.38. The number of aliphatic hydroxyl groups excluding tert-OH is 1. The van der Waals surface area contributed by atoms with Gasteiger partial charge in [-0.15, -0.1) is 0 Å². The van der Waals surface area contributed by atoms with Crippen molar-refractivity contribution in [3.63, 3.8) is 0 Å². The molecule has 3 atom stereocenters. The Hall–Kier alpha value is -1.06. The predicted molar refractivity (Wildman–Crippen MR) is 77.4 cm³/mol. The van der Waals surface area contributed by atoms with Crippen LogP contribution in [0.4, 0.5) is 0 Å². The highest BCUT2D eigenvalue weighted by atomic mass is 16.5. The van der Waals surface area contributed by atoms with Crippen molar-refractivity contribution < 1.29 is 9.84 Å². The first-order valence-electron chi connectivity index (χ1n) is 7.12. The SMILES string of the molecule is COc1cccc(C([C@@H]2CCCC[C@@H]2O)N(C)C)c1. The summed E-state index contributed by atoms with van der Waals surface area (Å²) in [5.41, 5.74) is 1.23. The van der Waals surface area contributed by atoms with E-state index in [-0.39, 0.29) is 12.1 Å². The van der Waals surface area contributed by atoms with Crippen LogP contribution < -0.4 is 4.74 Å². The molecule has 1 fully saturated rings. The molecule has 0 heterocycles. The number of aliphatic hydroxyl groups is 1. The van der Waals surface area contributed by atoms with Crippen LogP contribution in [0.15, 0.2) is 24.3 Å². The topological polar surface area (TPSA) is 32.7 Å². The molecule has 3 heteroatoms. The Bertz CT molecular complexity index is 405. The number of rotatable bonds is 4. The van der Waals surface area contributed by atoms with Gasteiger partial charge in [0.15, 0.2) is 0 Å². The first-order valence-corrected chi connectivity index (χ1v) is 7.12. The first kappa shape index (κ1) is 14.4. The molecule has 2 rings (SSSR count). The molecule has 0 spiro atoms. The maximum Gasteiger partial charge on any atom is 0.119 e. The lowest BCUT2D eigenvalue weighted by molar-refractivity contribution is 0.0220. The molecule has 1 unspecified atom stereocenters. The zero-order valence-corrected chi connectivity index (χ0v) is 12.2. The molecular weight excluding hydrogens is 238 g/mol. The fraction of sp³-hybridized carbons (Fsp3) is 0.625. The van der Waals surface area contributed by atoms with Crippen LogP contribution in [0.1, 0.15) is 37.3 Å². The van der Waals surface area contributed by atoms with Crippen LogP contribution in [0, 0.1) is 5.92 Å². The molecule has 106 valence electrons. The van der Waals surface area contributed by atoms with Crippen molar-refractivity contribution in [2.45, 2.75) is 37.8 Å². The van der Waals surface area contributed by atoms with Gasteiger partial charge in [0.25, 0.3) is 0 Å². The molecule has 0 aliphatic heterocycles. The average Bonchev–Trinajstić information content (AvgIpc) is 2.41. The van der Waals surface area contributed by atoms with Gasteiger partial charge in [0.05, 0.1) is 13.2 Å². The number of nitrogens with zero attached hydrogens (tertiary/aromatic N) is 1. The Morgan fingerprint density at radius 1 is 1.26 bits per heavy atom. The van der Waals surface area contributed by atoms with Crippen molar-refractivity contribution in [2.24, 2.45) is 5.92 Å². The quantitative estimate of drug-likeness (QED) is 0.906. The molecule has 1 aliphatic carbocycles. The lowest BCUT2D eigenvalue weighted by atomic mass is 9.78. The standard InChI is InChI=1S/C16H25NO2/c1-17(2)16(14-9-4-5-10-15(14)18)12-7-6-8-13(11-12)19-3/h6-8,11,14-16,18H,4-5,9-10H2,1-3H3/t14-,15+,16?/m1/s1. The van der Waals surface area contributed by atoms with Crippen molar-refractivity contribution >= 4 is 0 Å². The Morgan fingerprint density at radius 2 is 2.00 bits per heavy atom. The lowest BCUT2D eigenvalue weighted by Crippen LogP contribution is -2.36. The Morgan fingerprint density at radius 3 is 2.63 bits per heavy atom. The summed E-state index contributed by atoms with van der Waals surface area (Å²) in [6.07, 6.45) is 4.21. The molecule has 1 N–H and O–H groups in total. The maximum absolute atomic E-state index is 10.3. The van der Waals surface area contributed by atoms with Gasteiger partial charge in [-0.05, 0) is 44.6 Å². The normalized spacial score (nSPS) is 25.3. The number of hydrogen-bond donors (Lipinski definition) is 1. The second kappa shape index (κ2) is 6.40. The summed E-state index contributed by atoms with van der Waals surface area (Å²) in [6, 6.07) is 8.47. The van der Waals surface area contributed by atoms with Gasteiger partial charge in [-0.3, -0.25) is 0 Å². The van der Waals surface area contributed by atoms with Gasteiger partial charge in [-0.1, -0.05) is 25.0 Å². The van der Waals surface area contributed by atoms with E-state index in [1.807, 2.05) is 12.1 Å². The smallest absolute Gasteiger partial charge is 0.119 e. The van der Waals surface area contributed by atoms with Crippen molar-refractivity contribution in [2.75, 3.05) is 21.2 Å². The molecule has 3 nitrogen and oxygen atoms in total. The number of hydrogen-bond acceptors (Lipinski definition) is 3. The van der Waals surface area contributed by atoms with Crippen molar-refractivity contribution in [1.82, 2.24) is 4.90 Å². The van der Waals surface area contributed by atoms with Gasteiger partial charge in [0.2, 0.25) is 0 Å². The highest BCUT2D eigenvalue weighted by Gasteiger charge is 2.33. The van der Waals surface area contributed by atoms with E-state index < -0.39 is 0 Å². The van der Waals surface area contributed by atoms with Gasteiger partial charge in [0.1, 0.15) is 5.75 Å². The van der Waals surface area contributed by atoms with Crippen LogP contribution in [0.3, 0.4) is 0 Å². The minimum absolute atomic E-state index is 0.188. The van der Waals surface area contributed by atoms with Gasteiger partial charge < -0.3 is 14.7 Å². The zero-order valence-electron chi connectivity index (χ0n) is 12.2. The van der Waals surface area contributed by atoms with Gasteiger partial charge in [0, 0.05) is 12.0 Å². The Labute approximate surface area is 116 Å². The Kier molecular flexibility index (Phi) is 4.83. The molecule has 0 amide bonds. The summed E-state index contributed by atoms with van der Waals surface area (Å²) in [6.45, 7) is 0. The fourth-order valence-corrected chi connectivity index (χ4v) is 3.26. The third-order valence-electron chi connectivity index (χ3n) is 4.18. The van der Waals surface area contributed by atoms with Crippen LogP contribution in [0.2, 0.25) is 0 Å². The van der Waals surface area contributed by atoms with E-state index in [2.05, 4.69) is 31.1 Å². The molecule has 19 heavy (non-hydrogen) atoms. The summed E-state index contributed by atoms with van der Waals surface area (Å²) in [4.78, 5) is 2.22.